The number of alkyl halides is 3. The van der Waals surface area contributed by atoms with E-state index in [1.165, 1.54) is 0 Å². The highest BCUT2D eigenvalue weighted by atomic mass is 32.2. The van der Waals surface area contributed by atoms with Crippen molar-refractivity contribution in [2.24, 2.45) is 0 Å². The lowest BCUT2D eigenvalue weighted by Gasteiger charge is -2.20. The van der Waals surface area contributed by atoms with Gasteiger partial charge in [0.05, 0.1) is 17.5 Å². The van der Waals surface area contributed by atoms with E-state index >= 15 is 0 Å². The molecule has 112 valence electrons. The molecule has 0 unspecified atom stereocenters. The molecule has 1 aromatic rings. The second-order valence-electron chi connectivity index (χ2n) is 3.76. The molecule has 0 spiro atoms. The van der Waals surface area contributed by atoms with Crippen molar-refractivity contribution in [2.45, 2.75) is 6.36 Å². The third-order valence-corrected chi connectivity index (χ3v) is 3.46. The summed E-state index contributed by atoms with van der Waals surface area (Å²) in [5.74, 6) is -2.19. The van der Waals surface area contributed by atoms with Gasteiger partial charge in [-0.1, -0.05) is 0 Å². The summed E-state index contributed by atoms with van der Waals surface area (Å²) in [5.41, 5.74) is -0.894. The summed E-state index contributed by atoms with van der Waals surface area (Å²) in [6, 6.07) is 2.31. The van der Waals surface area contributed by atoms with Crippen LogP contribution in [0.25, 0.3) is 0 Å². The molecular formula is C10H10F3NO5S. The van der Waals surface area contributed by atoms with E-state index in [4.69, 9.17) is 5.11 Å². The highest BCUT2D eigenvalue weighted by molar-refractivity contribution is 7.92. The van der Waals surface area contributed by atoms with E-state index in [2.05, 4.69) is 4.74 Å². The number of aromatic carboxylic acids is 1. The fraction of sp³-hybridized carbons (Fsp3) is 0.300. The standard InChI is InChI=1S/C10H10F3NO5S/c1-14(20(2,17)18)8-5-6(19-10(11,12)13)3-4-7(8)9(15)16/h3-5H,1-2H3,(H,15,16). The number of nitrogens with zero attached hydrogens (tertiary/aromatic N) is 1. The molecular weight excluding hydrogens is 303 g/mol. The van der Waals surface area contributed by atoms with Gasteiger partial charge in [-0.15, -0.1) is 13.2 Å². The normalized spacial score (nSPS) is 12.1. The van der Waals surface area contributed by atoms with Crippen molar-refractivity contribution in [2.75, 3.05) is 17.6 Å². The molecule has 10 heteroatoms. The van der Waals surface area contributed by atoms with Crippen LogP contribution >= 0.6 is 0 Å². The molecule has 0 amide bonds. The van der Waals surface area contributed by atoms with Crippen LogP contribution in [0.5, 0.6) is 5.75 Å². The van der Waals surface area contributed by atoms with Crippen LogP contribution in [-0.4, -0.2) is 39.2 Å². The van der Waals surface area contributed by atoms with Gasteiger partial charge in [0.1, 0.15) is 5.75 Å². The van der Waals surface area contributed by atoms with E-state index in [0.29, 0.717) is 10.4 Å². The molecule has 0 radical (unpaired) electrons. The lowest BCUT2D eigenvalue weighted by atomic mass is 10.1. The van der Waals surface area contributed by atoms with E-state index in [-0.39, 0.29) is 0 Å². The Labute approximate surface area is 112 Å². The van der Waals surface area contributed by atoms with Crippen molar-refractivity contribution in [3.8, 4) is 5.75 Å². The first kappa shape index (κ1) is 16.1. The smallest absolute Gasteiger partial charge is 0.478 e. The number of sulfonamides is 1. The lowest BCUT2D eigenvalue weighted by molar-refractivity contribution is -0.274. The third-order valence-electron chi connectivity index (χ3n) is 2.27. The molecule has 0 aliphatic carbocycles. The monoisotopic (exact) mass is 313 g/mol. The van der Waals surface area contributed by atoms with Crippen LogP contribution in [0.1, 0.15) is 10.4 Å². The molecule has 6 nitrogen and oxygen atoms in total. The number of halogens is 3. The number of hydrogen-bond donors (Lipinski definition) is 1. The van der Waals surface area contributed by atoms with Crippen LogP contribution in [0.3, 0.4) is 0 Å². The Morgan fingerprint density at radius 2 is 1.90 bits per heavy atom. The molecule has 0 heterocycles. The van der Waals surface area contributed by atoms with Gasteiger partial charge in [0.15, 0.2) is 0 Å². The van der Waals surface area contributed by atoms with Crippen LogP contribution < -0.4 is 9.04 Å². The Bertz CT molecular complexity index is 626. The Hall–Kier alpha value is -1.97. The minimum atomic E-state index is -4.97. The summed E-state index contributed by atoms with van der Waals surface area (Å²) in [5, 5.41) is 8.92. The second kappa shape index (κ2) is 5.19. The number of carboxylic acid groups (broad SMARTS) is 1. The van der Waals surface area contributed by atoms with Crippen molar-refractivity contribution in [1.82, 2.24) is 0 Å². The maximum Gasteiger partial charge on any atom is 0.573 e. The topological polar surface area (TPSA) is 83.9 Å². The minimum absolute atomic E-state index is 0.429. The summed E-state index contributed by atoms with van der Waals surface area (Å²) in [7, 11) is -2.82. The zero-order valence-corrected chi connectivity index (χ0v) is 11.1. The molecule has 1 aromatic carbocycles. The van der Waals surface area contributed by atoms with Gasteiger partial charge in [0.25, 0.3) is 0 Å². The molecule has 0 saturated carbocycles. The van der Waals surface area contributed by atoms with Crippen molar-refractivity contribution in [1.29, 1.82) is 0 Å². The fourth-order valence-electron chi connectivity index (χ4n) is 1.33. The number of carboxylic acids is 1. The van der Waals surface area contributed by atoms with Crippen molar-refractivity contribution in [3.05, 3.63) is 23.8 Å². The van der Waals surface area contributed by atoms with Crippen LogP contribution in [0.15, 0.2) is 18.2 Å². The first-order chi connectivity index (χ1) is 8.92. The summed E-state index contributed by atoms with van der Waals surface area (Å²) in [4.78, 5) is 11.0. The summed E-state index contributed by atoms with van der Waals surface area (Å²) in [6.45, 7) is 0. The Morgan fingerprint density at radius 3 is 2.30 bits per heavy atom. The fourth-order valence-corrected chi connectivity index (χ4v) is 1.84. The lowest BCUT2D eigenvalue weighted by Crippen LogP contribution is -2.27. The number of benzene rings is 1. The highest BCUT2D eigenvalue weighted by Gasteiger charge is 2.32. The molecule has 1 N–H and O–H groups in total. The molecule has 0 saturated heterocycles. The number of hydrogen-bond acceptors (Lipinski definition) is 4. The van der Waals surface area contributed by atoms with Gasteiger partial charge in [-0.25, -0.2) is 13.2 Å². The van der Waals surface area contributed by atoms with Gasteiger partial charge < -0.3 is 9.84 Å². The third kappa shape index (κ3) is 4.02. The van der Waals surface area contributed by atoms with Gasteiger partial charge >= 0.3 is 12.3 Å². The van der Waals surface area contributed by atoms with Gasteiger partial charge in [0.2, 0.25) is 10.0 Å². The van der Waals surface area contributed by atoms with E-state index in [1.54, 1.807) is 0 Å². The van der Waals surface area contributed by atoms with Crippen molar-refractivity contribution in [3.63, 3.8) is 0 Å². The molecule has 0 bridgehead atoms. The van der Waals surface area contributed by atoms with Crippen LogP contribution in [-0.2, 0) is 10.0 Å². The summed E-state index contributed by atoms with van der Waals surface area (Å²) in [6.07, 6.45) is -4.18. The maximum atomic E-state index is 12.1. The first-order valence-electron chi connectivity index (χ1n) is 4.99. The second-order valence-corrected chi connectivity index (χ2v) is 5.78. The molecule has 0 aliphatic rings. The Kier molecular flexibility index (Phi) is 4.18. The predicted octanol–water partition coefficient (Wildman–Crippen LogP) is 1.68. The number of ether oxygens (including phenoxy) is 1. The van der Waals surface area contributed by atoms with Crippen LogP contribution in [0, 0.1) is 0 Å². The SMILES string of the molecule is CN(c1cc(OC(F)(F)F)ccc1C(=O)O)S(C)(=O)=O. The maximum absolute atomic E-state index is 12.1. The molecule has 20 heavy (non-hydrogen) atoms. The average Bonchev–Trinajstić information content (AvgIpc) is 2.24. The van der Waals surface area contributed by atoms with Gasteiger partial charge in [-0.05, 0) is 12.1 Å². The van der Waals surface area contributed by atoms with Gasteiger partial charge in [0, 0.05) is 13.1 Å². The predicted molar refractivity (Wildman–Crippen MR) is 63.3 cm³/mol. The number of rotatable bonds is 4. The Balaban J connectivity index is 3.37. The van der Waals surface area contributed by atoms with E-state index in [9.17, 15) is 26.4 Å². The summed E-state index contributed by atoms with van der Waals surface area (Å²) >= 11 is 0. The van der Waals surface area contributed by atoms with Gasteiger partial charge in [-0.3, -0.25) is 4.31 Å². The number of carbonyl (C=O) groups is 1. The molecule has 0 aliphatic heterocycles. The minimum Gasteiger partial charge on any atom is -0.478 e. The molecule has 0 aromatic heterocycles. The van der Waals surface area contributed by atoms with Crippen molar-refractivity contribution >= 4 is 21.7 Å². The van der Waals surface area contributed by atoms with Crippen LogP contribution in [0.4, 0.5) is 18.9 Å². The zero-order chi connectivity index (χ0) is 15.7. The molecule has 0 fully saturated rings. The van der Waals surface area contributed by atoms with Crippen molar-refractivity contribution < 1.29 is 36.2 Å². The molecule has 0 atom stereocenters. The quantitative estimate of drug-likeness (QED) is 0.914. The Morgan fingerprint density at radius 1 is 1.35 bits per heavy atom. The summed E-state index contributed by atoms with van der Waals surface area (Å²) < 4.78 is 63.2. The first-order valence-corrected chi connectivity index (χ1v) is 6.83. The zero-order valence-electron chi connectivity index (χ0n) is 10.3. The van der Waals surface area contributed by atoms with E-state index < -0.39 is 39.4 Å². The van der Waals surface area contributed by atoms with E-state index in [1.807, 2.05) is 0 Å². The average molecular weight is 313 g/mol. The number of anilines is 1. The molecule has 1 rings (SSSR count). The van der Waals surface area contributed by atoms with E-state index in [0.717, 1.165) is 25.4 Å². The van der Waals surface area contributed by atoms with Crippen LogP contribution in [0.2, 0.25) is 0 Å². The highest BCUT2D eigenvalue weighted by Crippen LogP contribution is 2.30. The largest absolute Gasteiger partial charge is 0.573 e. The van der Waals surface area contributed by atoms with Gasteiger partial charge in [-0.2, -0.15) is 0 Å².